The van der Waals surface area contributed by atoms with Crippen LogP contribution in [0.1, 0.15) is 38.4 Å². The molecule has 0 spiro atoms. The quantitative estimate of drug-likeness (QED) is 0.734. The van der Waals surface area contributed by atoms with Crippen LogP contribution in [-0.4, -0.2) is 40.8 Å². The molecular formula is C18H27N3O. The minimum atomic E-state index is 0.844. The number of fused-ring (bicyclic) bond motifs is 1. The fourth-order valence-electron chi connectivity index (χ4n) is 3.15. The number of aromatic nitrogens is 2. The summed E-state index contributed by atoms with van der Waals surface area (Å²) in [7, 11) is 0. The zero-order chi connectivity index (χ0) is 15.2. The average Bonchev–Trinajstić information content (AvgIpc) is 2.90. The predicted molar refractivity (Wildman–Crippen MR) is 90.0 cm³/mol. The number of morpholine rings is 1. The van der Waals surface area contributed by atoms with Crippen molar-refractivity contribution in [3.05, 3.63) is 30.1 Å². The molecule has 0 bridgehead atoms. The first-order chi connectivity index (χ1) is 10.9. The number of para-hydroxylation sites is 2. The minimum absolute atomic E-state index is 0.844. The molecule has 0 amide bonds. The van der Waals surface area contributed by atoms with E-state index < -0.39 is 0 Å². The highest BCUT2D eigenvalue weighted by molar-refractivity contribution is 5.75. The molecular weight excluding hydrogens is 274 g/mol. The number of rotatable bonds is 7. The Morgan fingerprint density at radius 3 is 2.73 bits per heavy atom. The summed E-state index contributed by atoms with van der Waals surface area (Å²) >= 11 is 0. The first kappa shape index (κ1) is 15.5. The fourth-order valence-corrected chi connectivity index (χ4v) is 3.15. The first-order valence-electron chi connectivity index (χ1n) is 8.62. The Kier molecular flexibility index (Phi) is 5.46. The van der Waals surface area contributed by atoms with E-state index in [1.807, 2.05) is 0 Å². The molecule has 120 valence electrons. The van der Waals surface area contributed by atoms with Crippen molar-refractivity contribution < 1.29 is 4.74 Å². The molecule has 4 heteroatoms. The maximum Gasteiger partial charge on any atom is 0.124 e. The molecule has 22 heavy (non-hydrogen) atoms. The van der Waals surface area contributed by atoms with Gasteiger partial charge in [0, 0.05) is 19.6 Å². The van der Waals surface area contributed by atoms with Crippen LogP contribution in [0, 0.1) is 0 Å². The standard InChI is InChI=1S/C18H27N3O/c1-2-3-4-7-10-21-17-9-6-5-8-16(17)19-18(21)15-20-11-13-22-14-12-20/h5-6,8-9H,2-4,7,10-15H2,1H3. The summed E-state index contributed by atoms with van der Waals surface area (Å²) in [6, 6.07) is 8.52. The third kappa shape index (κ3) is 3.68. The van der Waals surface area contributed by atoms with Crippen molar-refractivity contribution in [2.45, 2.75) is 45.7 Å². The lowest BCUT2D eigenvalue weighted by Crippen LogP contribution is -2.36. The summed E-state index contributed by atoms with van der Waals surface area (Å²) in [5.74, 6) is 1.21. The molecule has 1 aliphatic rings. The molecule has 1 aromatic heterocycles. The topological polar surface area (TPSA) is 30.3 Å². The molecule has 0 radical (unpaired) electrons. The van der Waals surface area contributed by atoms with Crippen molar-refractivity contribution in [2.75, 3.05) is 26.3 Å². The van der Waals surface area contributed by atoms with Gasteiger partial charge in [-0.1, -0.05) is 38.3 Å². The minimum Gasteiger partial charge on any atom is -0.379 e. The highest BCUT2D eigenvalue weighted by atomic mass is 16.5. The summed E-state index contributed by atoms with van der Waals surface area (Å²) < 4.78 is 7.88. The van der Waals surface area contributed by atoms with Gasteiger partial charge in [-0.25, -0.2) is 4.98 Å². The average molecular weight is 301 g/mol. The van der Waals surface area contributed by atoms with Crippen molar-refractivity contribution >= 4 is 11.0 Å². The van der Waals surface area contributed by atoms with Gasteiger partial charge in [-0.05, 0) is 18.6 Å². The Hall–Kier alpha value is -1.39. The Morgan fingerprint density at radius 2 is 1.91 bits per heavy atom. The van der Waals surface area contributed by atoms with Crippen molar-refractivity contribution in [3.63, 3.8) is 0 Å². The predicted octanol–water partition coefficient (Wildman–Crippen LogP) is 3.45. The van der Waals surface area contributed by atoms with Gasteiger partial charge in [0.2, 0.25) is 0 Å². The normalized spacial score (nSPS) is 16.4. The molecule has 1 aliphatic heterocycles. The number of hydrogen-bond donors (Lipinski definition) is 0. The highest BCUT2D eigenvalue weighted by Gasteiger charge is 2.16. The molecule has 0 saturated carbocycles. The number of benzene rings is 1. The van der Waals surface area contributed by atoms with E-state index in [2.05, 4.69) is 40.7 Å². The van der Waals surface area contributed by atoms with Crippen LogP contribution in [0.25, 0.3) is 11.0 Å². The van der Waals surface area contributed by atoms with Gasteiger partial charge >= 0.3 is 0 Å². The molecule has 1 fully saturated rings. The maximum atomic E-state index is 5.45. The van der Waals surface area contributed by atoms with Crippen LogP contribution < -0.4 is 0 Å². The van der Waals surface area contributed by atoms with E-state index in [1.165, 1.54) is 37.0 Å². The van der Waals surface area contributed by atoms with E-state index >= 15 is 0 Å². The largest absolute Gasteiger partial charge is 0.379 e. The third-order valence-corrected chi connectivity index (χ3v) is 4.44. The number of hydrogen-bond acceptors (Lipinski definition) is 3. The van der Waals surface area contributed by atoms with Gasteiger partial charge in [-0.2, -0.15) is 0 Å². The molecule has 4 nitrogen and oxygen atoms in total. The lowest BCUT2D eigenvalue weighted by Gasteiger charge is -2.26. The second-order valence-electron chi connectivity index (χ2n) is 6.12. The Labute approximate surface area is 133 Å². The van der Waals surface area contributed by atoms with Crippen molar-refractivity contribution in [3.8, 4) is 0 Å². The van der Waals surface area contributed by atoms with Crippen LogP contribution in [0.2, 0.25) is 0 Å². The van der Waals surface area contributed by atoms with Gasteiger partial charge in [0.05, 0.1) is 30.8 Å². The van der Waals surface area contributed by atoms with Gasteiger partial charge in [0.25, 0.3) is 0 Å². The molecule has 0 aliphatic carbocycles. The van der Waals surface area contributed by atoms with Gasteiger partial charge in [-0.3, -0.25) is 4.90 Å². The lowest BCUT2D eigenvalue weighted by molar-refractivity contribution is 0.0326. The van der Waals surface area contributed by atoms with Crippen LogP contribution in [0.3, 0.4) is 0 Å². The lowest BCUT2D eigenvalue weighted by atomic mass is 10.2. The Balaban J connectivity index is 1.77. The van der Waals surface area contributed by atoms with E-state index in [4.69, 9.17) is 9.72 Å². The van der Waals surface area contributed by atoms with Crippen LogP contribution in [0.15, 0.2) is 24.3 Å². The van der Waals surface area contributed by atoms with E-state index in [1.54, 1.807) is 0 Å². The summed E-state index contributed by atoms with van der Waals surface area (Å²) in [6.07, 6.45) is 5.15. The first-order valence-corrected chi connectivity index (χ1v) is 8.62. The van der Waals surface area contributed by atoms with E-state index in [0.29, 0.717) is 0 Å². The van der Waals surface area contributed by atoms with Crippen LogP contribution in [-0.2, 0) is 17.8 Å². The number of ether oxygens (including phenoxy) is 1. The van der Waals surface area contributed by atoms with E-state index in [9.17, 15) is 0 Å². The smallest absolute Gasteiger partial charge is 0.124 e. The zero-order valence-electron chi connectivity index (χ0n) is 13.6. The Morgan fingerprint density at radius 1 is 1.09 bits per heavy atom. The summed E-state index contributed by atoms with van der Waals surface area (Å²) in [5, 5.41) is 0. The van der Waals surface area contributed by atoms with Crippen molar-refractivity contribution in [2.24, 2.45) is 0 Å². The van der Waals surface area contributed by atoms with Gasteiger partial charge in [0.1, 0.15) is 5.82 Å². The van der Waals surface area contributed by atoms with Crippen LogP contribution >= 0.6 is 0 Å². The second kappa shape index (κ2) is 7.75. The van der Waals surface area contributed by atoms with E-state index in [-0.39, 0.29) is 0 Å². The highest BCUT2D eigenvalue weighted by Crippen LogP contribution is 2.19. The molecule has 0 atom stereocenters. The SMILES string of the molecule is CCCCCCn1c(CN2CCOCC2)nc2ccccc21. The summed E-state index contributed by atoms with van der Waals surface area (Å²) in [4.78, 5) is 7.34. The molecule has 1 saturated heterocycles. The van der Waals surface area contributed by atoms with E-state index in [0.717, 1.165) is 44.9 Å². The van der Waals surface area contributed by atoms with Crippen molar-refractivity contribution in [1.82, 2.24) is 14.5 Å². The van der Waals surface area contributed by atoms with Gasteiger partial charge < -0.3 is 9.30 Å². The van der Waals surface area contributed by atoms with Gasteiger partial charge in [0.15, 0.2) is 0 Å². The monoisotopic (exact) mass is 301 g/mol. The second-order valence-corrected chi connectivity index (χ2v) is 6.12. The van der Waals surface area contributed by atoms with Gasteiger partial charge in [-0.15, -0.1) is 0 Å². The number of aryl methyl sites for hydroxylation is 1. The molecule has 0 N–H and O–H groups in total. The third-order valence-electron chi connectivity index (χ3n) is 4.44. The molecule has 1 aromatic carbocycles. The molecule has 2 aromatic rings. The molecule has 2 heterocycles. The molecule has 0 unspecified atom stereocenters. The molecule has 3 rings (SSSR count). The Bertz CT molecular complexity index is 587. The summed E-state index contributed by atoms with van der Waals surface area (Å²) in [6.45, 7) is 7.99. The van der Waals surface area contributed by atoms with Crippen molar-refractivity contribution in [1.29, 1.82) is 0 Å². The number of imidazole rings is 1. The number of nitrogens with zero attached hydrogens (tertiary/aromatic N) is 3. The zero-order valence-corrected chi connectivity index (χ0v) is 13.6. The summed E-state index contributed by atoms with van der Waals surface area (Å²) in [5.41, 5.74) is 2.41. The van der Waals surface area contributed by atoms with Crippen LogP contribution in [0.4, 0.5) is 0 Å². The maximum absolute atomic E-state index is 5.45. The number of unbranched alkanes of at least 4 members (excludes halogenated alkanes) is 3. The fraction of sp³-hybridized carbons (Fsp3) is 0.611. The van der Waals surface area contributed by atoms with Crippen LogP contribution in [0.5, 0.6) is 0 Å².